The molecule has 0 radical (unpaired) electrons. The van der Waals surface area contributed by atoms with Gasteiger partial charge in [0.15, 0.2) is 0 Å². The molecule has 2 aromatic carbocycles. The highest BCUT2D eigenvalue weighted by atomic mass is 32.2. The molecule has 1 aliphatic heterocycles. The lowest BCUT2D eigenvalue weighted by molar-refractivity contribution is 0.123. The number of ether oxygens (including phenoxy) is 1. The van der Waals surface area contributed by atoms with Crippen molar-refractivity contribution >= 4 is 21.4 Å². The van der Waals surface area contributed by atoms with Crippen LogP contribution in [0.15, 0.2) is 59.5 Å². The van der Waals surface area contributed by atoms with E-state index in [9.17, 15) is 8.42 Å². The van der Waals surface area contributed by atoms with Crippen molar-refractivity contribution in [2.45, 2.75) is 4.90 Å². The first-order valence-corrected chi connectivity index (χ1v) is 8.65. The molecule has 116 valence electrons. The number of morpholine rings is 1. The Labute approximate surface area is 130 Å². The highest BCUT2D eigenvalue weighted by Crippen LogP contribution is 2.28. The molecule has 0 atom stereocenters. The Morgan fingerprint density at radius 3 is 2.27 bits per heavy atom. The lowest BCUT2D eigenvalue weighted by atomic mass is 10.2. The maximum Gasteiger partial charge on any atom is 0.261 e. The second kappa shape index (κ2) is 6.37. The van der Waals surface area contributed by atoms with E-state index < -0.39 is 10.0 Å². The fraction of sp³-hybridized carbons (Fsp3) is 0.250. The Kier molecular flexibility index (Phi) is 4.31. The minimum Gasteiger partial charge on any atom is -0.378 e. The third-order valence-corrected chi connectivity index (χ3v) is 4.94. The minimum absolute atomic E-state index is 0.256. The second-order valence-corrected chi connectivity index (χ2v) is 6.72. The van der Waals surface area contributed by atoms with E-state index >= 15 is 0 Å². The van der Waals surface area contributed by atoms with Crippen LogP contribution in [0, 0.1) is 0 Å². The summed E-state index contributed by atoms with van der Waals surface area (Å²) in [4.78, 5) is 2.39. The summed E-state index contributed by atoms with van der Waals surface area (Å²) in [6, 6.07) is 15.8. The zero-order valence-corrected chi connectivity index (χ0v) is 12.9. The van der Waals surface area contributed by atoms with Crippen molar-refractivity contribution < 1.29 is 13.2 Å². The van der Waals surface area contributed by atoms with Crippen LogP contribution in [0.2, 0.25) is 0 Å². The van der Waals surface area contributed by atoms with Crippen LogP contribution in [0.3, 0.4) is 0 Å². The van der Waals surface area contributed by atoms with Crippen LogP contribution in [0.5, 0.6) is 0 Å². The van der Waals surface area contributed by atoms with Crippen LogP contribution in [-0.4, -0.2) is 34.7 Å². The number of para-hydroxylation sites is 2. The molecule has 2 aromatic rings. The predicted octanol–water partition coefficient (Wildman–Crippen LogP) is 2.32. The van der Waals surface area contributed by atoms with E-state index in [1.165, 1.54) is 0 Å². The summed E-state index contributed by atoms with van der Waals surface area (Å²) in [5.74, 6) is 0. The summed E-state index contributed by atoms with van der Waals surface area (Å²) in [7, 11) is -3.58. The topological polar surface area (TPSA) is 58.6 Å². The first-order chi connectivity index (χ1) is 10.7. The van der Waals surface area contributed by atoms with Crippen LogP contribution < -0.4 is 9.62 Å². The normalized spacial score (nSPS) is 15.5. The lowest BCUT2D eigenvalue weighted by Crippen LogP contribution is -2.36. The molecule has 1 fully saturated rings. The molecule has 6 heteroatoms. The maximum absolute atomic E-state index is 12.5. The summed E-state index contributed by atoms with van der Waals surface area (Å²) in [6.07, 6.45) is 0. The number of nitrogens with one attached hydrogen (secondary N) is 1. The molecule has 0 bridgehead atoms. The fourth-order valence-corrected chi connectivity index (χ4v) is 3.54. The Balaban J connectivity index is 1.89. The van der Waals surface area contributed by atoms with Gasteiger partial charge in [0.2, 0.25) is 0 Å². The van der Waals surface area contributed by atoms with Gasteiger partial charge in [-0.3, -0.25) is 4.72 Å². The van der Waals surface area contributed by atoms with E-state index in [1.807, 2.05) is 18.2 Å². The van der Waals surface area contributed by atoms with E-state index in [1.54, 1.807) is 36.4 Å². The number of anilines is 2. The molecular weight excluding hydrogens is 300 g/mol. The number of sulfonamides is 1. The number of benzene rings is 2. The second-order valence-electron chi connectivity index (χ2n) is 5.04. The lowest BCUT2D eigenvalue weighted by Gasteiger charge is -2.30. The Morgan fingerprint density at radius 2 is 1.55 bits per heavy atom. The molecule has 0 amide bonds. The fourth-order valence-electron chi connectivity index (χ4n) is 2.44. The van der Waals surface area contributed by atoms with Crippen molar-refractivity contribution in [3.63, 3.8) is 0 Å². The van der Waals surface area contributed by atoms with Crippen molar-refractivity contribution in [2.75, 3.05) is 35.9 Å². The molecule has 1 saturated heterocycles. The summed E-state index contributed by atoms with van der Waals surface area (Å²) in [5, 5.41) is 0. The number of hydrogen-bond donors (Lipinski definition) is 1. The molecule has 3 rings (SSSR count). The summed E-state index contributed by atoms with van der Waals surface area (Å²) < 4.78 is 33.0. The summed E-state index contributed by atoms with van der Waals surface area (Å²) >= 11 is 0. The highest BCUT2D eigenvalue weighted by Gasteiger charge is 2.19. The Bertz CT molecular complexity index is 726. The SMILES string of the molecule is O=S(=O)(Nc1ccccc1N1CCOCC1)c1ccccc1. The quantitative estimate of drug-likeness (QED) is 0.940. The zero-order valence-electron chi connectivity index (χ0n) is 12.1. The average Bonchev–Trinajstić information content (AvgIpc) is 2.57. The minimum atomic E-state index is -3.58. The van der Waals surface area contributed by atoms with E-state index in [0.717, 1.165) is 18.8 Å². The molecule has 1 N–H and O–H groups in total. The standard InChI is InChI=1S/C16H18N2O3S/c19-22(20,14-6-2-1-3-7-14)17-15-8-4-5-9-16(15)18-10-12-21-13-11-18/h1-9,17H,10-13H2. The van der Waals surface area contributed by atoms with Gasteiger partial charge in [0.1, 0.15) is 0 Å². The summed E-state index contributed by atoms with van der Waals surface area (Å²) in [5.41, 5.74) is 1.47. The van der Waals surface area contributed by atoms with Gasteiger partial charge in [0, 0.05) is 13.1 Å². The molecule has 1 heterocycles. The zero-order chi connectivity index (χ0) is 15.4. The van der Waals surface area contributed by atoms with E-state index in [-0.39, 0.29) is 4.90 Å². The Hall–Kier alpha value is -2.05. The van der Waals surface area contributed by atoms with Gasteiger partial charge in [-0.15, -0.1) is 0 Å². The molecule has 0 spiro atoms. The first-order valence-electron chi connectivity index (χ1n) is 7.16. The van der Waals surface area contributed by atoms with Crippen molar-refractivity contribution in [3.8, 4) is 0 Å². The Morgan fingerprint density at radius 1 is 0.909 bits per heavy atom. The van der Waals surface area contributed by atoms with Crippen LogP contribution in [0.1, 0.15) is 0 Å². The van der Waals surface area contributed by atoms with Gasteiger partial charge in [-0.2, -0.15) is 0 Å². The molecule has 1 aliphatic rings. The van der Waals surface area contributed by atoms with Crippen molar-refractivity contribution in [3.05, 3.63) is 54.6 Å². The first kappa shape index (κ1) is 14.9. The maximum atomic E-state index is 12.5. The molecule has 0 unspecified atom stereocenters. The van der Waals surface area contributed by atoms with E-state index in [2.05, 4.69) is 9.62 Å². The molecule has 0 saturated carbocycles. The highest BCUT2D eigenvalue weighted by molar-refractivity contribution is 7.92. The average molecular weight is 318 g/mol. The molecule has 22 heavy (non-hydrogen) atoms. The van der Waals surface area contributed by atoms with Gasteiger partial charge in [-0.25, -0.2) is 8.42 Å². The molecule has 5 nitrogen and oxygen atoms in total. The number of hydrogen-bond acceptors (Lipinski definition) is 4. The number of nitrogens with zero attached hydrogens (tertiary/aromatic N) is 1. The van der Waals surface area contributed by atoms with Crippen LogP contribution in [0.4, 0.5) is 11.4 Å². The monoisotopic (exact) mass is 318 g/mol. The van der Waals surface area contributed by atoms with Crippen LogP contribution >= 0.6 is 0 Å². The third-order valence-electron chi connectivity index (χ3n) is 3.55. The van der Waals surface area contributed by atoms with Gasteiger partial charge >= 0.3 is 0 Å². The van der Waals surface area contributed by atoms with Crippen molar-refractivity contribution in [2.24, 2.45) is 0 Å². The van der Waals surface area contributed by atoms with Gasteiger partial charge < -0.3 is 9.64 Å². The van der Waals surface area contributed by atoms with Gasteiger partial charge in [-0.1, -0.05) is 30.3 Å². The van der Waals surface area contributed by atoms with Gasteiger partial charge in [0.25, 0.3) is 10.0 Å². The molecule has 0 aliphatic carbocycles. The van der Waals surface area contributed by atoms with Crippen LogP contribution in [0.25, 0.3) is 0 Å². The van der Waals surface area contributed by atoms with Gasteiger partial charge in [-0.05, 0) is 24.3 Å². The molecular formula is C16H18N2O3S. The third kappa shape index (κ3) is 3.23. The predicted molar refractivity (Wildman–Crippen MR) is 86.7 cm³/mol. The largest absolute Gasteiger partial charge is 0.378 e. The molecule has 0 aromatic heterocycles. The number of rotatable bonds is 4. The van der Waals surface area contributed by atoms with E-state index in [0.29, 0.717) is 18.9 Å². The smallest absolute Gasteiger partial charge is 0.261 e. The van der Waals surface area contributed by atoms with Crippen LogP contribution in [-0.2, 0) is 14.8 Å². The van der Waals surface area contributed by atoms with E-state index in [4.69, 9.17) is 4.74 Å². The van der Waals surface area contributed by atoms with Crippen molar-refractivity contribution in [1.82, 2.24) is 0 Å². The summed E-state index contributed by atoms with van der Waals surface area (Å²) in [6.45, 7) is 2.81. The van der Waals surface area contributed by atoms with Crippen molar-refractivity contribution in [1.29, 1.82) is 0 Å². The van der Waals surface area contributed by atoms with Gasteiger partial charge in [0.05, 0.1) is 29.5 Å².